The Morgan fingerprint density at radius 2 is 2.05 bits per heavy atom. The molecule has 1 aliphatic heterocycles. The van der Waals surface area contributed by atoms with Gasteiger partial charge in [-0.1, -0.05) is 11.6 Å². The second-order valence-electron chi connectivity index (χ2n) is 5.24. The molecule has 106 valence electrons. The number of rotatable bonds is 3. The summed E-state index contributed by atoms with van der Waals surface area (Å²) >= 11 is 5.83. The Morgan fingerprint density at radius 3 is 2.65 bits per heavy atom. The van der Waals surface area contributed by atoms with Crippen molar-refractivity contribution in [1.82, 2.24) is 5.43 Å². The van der Waals surface area contributed by atoms with Gasteiger partial charge in [0.05, 0.1) is 16.7 Å². The van der Waals surface area contributed by atoms with Crippen molar-refractivity contribution in [2.45, 2.75) is 13.8 Å². The molecule has 1 heterocycles. The number of nitrogens with two attached hydrogens (primary N) is 1. The van der Waals surface area contributed by atoms with Crippen LogP contribution >= 0.6 is 11.6 Å². The standard InChI is InChI=1S/C13H14ClN3O3/c1-13(2,12(20)16-15)6-17-9-4-3-7(14)5-8(9)10(18)11(17)19/h3-5H,6,15H2,1-2H3,(H,16,20). The van der Waals surface area contributed by atoms with Crippen LogP contribution in [0.1, 0.15) is 24.2 Å². The van der Waals surface area contributed by atoms with Gasteiger partial charge in [0.25, 0.3) is 11.7 Å². The van der Waals surface area contributed by atoms with Gasteiger partial charge in [-0.05, 0) is 32.0 Å². The minimum absolute atomic E-state index is 0.0508. The molecular weight excluding hydrogens is 282 g/mol. The second-order valence-corrected chi connectivity index (χ2v) is 5.68. The third kappa shape index (κ3) is 2.28. The van der Waals surface area contributed by atoms with Gasteiger partial charge in [0, 0.05) is 11.6 Å². The maximum absolute atomic E-state index is 12.0. The van der Waals surface area contributed by atoms with Gasteiger partial charge in [-0.25, -0.2) is 5.84 Å². The van der Waals surface area contributed by atoms with E-state index in [1.807, 2.05) is 0 Å². The number of Topliss-reactive ketones (excluding diaryl/α,β-unsaturated/α-hetero) is 1. The number of carbonyl (C=O) groups excluding carboxylic acids is 3. The van der Waals surface area contributed by atoms with Crippen molar-refractivity contribution in [1.29, 1.82) is 0 Å². The van der Waals surface area contributed by atoms with E-state index >= 15 is 0 Å². The normalized spacial score (nSPS) is 14.5. The lowest BCUT2D eigenvalue weighted by molar-refractivity contribution is -0.129. The Bertz CT molecular complexity index is 613. The molecule has 0 radical (unpaired) electrons. The fraction of sp³-hybridized carbons (Fsp3) is 0.308. The number of amides is 2. The summed E-state index contributed by atoms with van der Waals surface area (Å²) in [6, 6.07) is 4.64. The molecule has 0 spiro atoms. The van der Waals surface area contributed by atoms with Crippen LogP contribution in [0.4, 0.5) is 5.69 Å². The molecule has 1 aliphatic rings. The predicted molar refractivity (Wildman–Crippen MR) is 74.2 cm³/mol. The average molecular weight is 296 g/mol. The summed E-state index contributed by atoms with van der Waals surface area (Å²) in [5.41, 5.74) is 1.85. The molecule has 0 aromatic heterocycles. The molecule has 1 aromatic rings. The van der Waals surface area contributed by atoms with Crippen LogP contribution in [0.5, 0.6) is 0 Å². The van der Waals surface area contributed by atoms with Gasteiger partial charge in [-0.3, -0.25) is 19.8 Å². The van der Waals surface area contributed by atoms with Gasteiger partial charge in [-0.2, -0.15) is 0 Å². The van der Waals surface area contributed by atoms with Crippen LogP contribution in [0.25, 0.3) is 0 Å². The fourth-order valence-corrected chi connectivity index (χ4v) is 2.26. The highest BCUT2D eigenvalue weighted by Gasteiger charge is 2.40. The van der Waals surface area contributed by atoms with Crippen molar-refractivity contribution in [3.8, 4) is 0 Å². The number of hydrogen-bond acceptors (Lipinski definition) is 4. The number of halogens is 1. The summed E-state index contributed by atoms with van der Waals surface area (Å²) in [4.78, 5) is 36.9. The molecule has 20 heavy (non-hydrogen) atoms. The first-order valence-electron chi connectivity index (χ1n) is 5.95. The zero-order valence-electron chi connectivity index (χ0n) is 11.1. The number of ketones is 1. The number of fused-ring (bicyclic) bond motifs is 1. The van der Waals surface area contributed by atoms with Crippen LogP contribution in [-0.2, 0) is 9.59 Å². The van der Waals surface area contributed by atoms with E-state index in [1.165, 1.54) is 11.0 Å². The van der Waals surface area contributed by atoms with Crippen molar-refractivity contribution in [2.75, 3.05) is 11.4 Å². The monoisotopic (exact) mass is 295 g/mol. The van der Waals surface area contributed by atoms with E-state index in [1.54, 1.807) is 26.0 Å². The lowest BCUT2D eigenvalue weighted by Crippen LogP contribution is -2.48. The van der Waals surface area contributed by atoms with Crippen LogP contribution in [0.3, 0.4) is 0 Å². The zero-order chi connectivity index (χ0) is 15.1. The van der Waals surface area contributed by atoms with E-state index in [0.29, 0.717) is 10.7 Å². The Balaban J connectivity index is 2.38. The number of benzene rings is 1. The first kappa shape index (κ1) is 14.5. The lowest BCUT2D eigenvalue weighted by atomic mass is 9.91. The predicted octanol–water partition coefficient (Wildman–Crippen LogP) is 0.885. The summed E-state index contributed by atoms with van der Waals surface area (Å²) in [6.45, 7) is 3.33. The SMILES string of the molecule is CC(C)(CN1C(=O)C(=O)c2cc(Cl)ccc21)C(=O)NN. The topological polar surface area (TPSA) is 92.5 Å². The van der Waals surface area contributed by atoms with Gasteiger partial charge in [0.15, 0.2) is 0 Å². The molecule has 7 heteroatoms. The van der Waals surface area contributed by atoms with Gasteiger partial charge in [0.2, 0.25) is 5.91 Å². The van der Waals surface area contributed by atoms with E-state index < -0.39 is 23.0 Å². The molecule has 0 bridgehead atoms. The summed E-state index contributed by atoms with van der Waals surface area (Å²) in [5.74, 6) is 3.42. The quantitative estimate of drug-likeness (QED) is 0.375. The third-order valence-electron chi connectivity index (χ3n) is 3.23. The molecule has 0 saturated heterocycles. The Kier molecular flexibility index (Phi) is 3.54. The van der Waals surface area contributed by atoms with E-state index in [4.69, 9.17) is 17.4 Å². The van der Waals surface area contributed by atoms with Gasteiger partial charge in [-0.15, -0.1) is 0 Å². The first-order valence-corrected chi connectivity index (χ1v) is 6.32. The number of anilines is 1. The van der Waals surface area contributed by atoms with E-state index in [-0.39, 0.29) is 12.1 Å². The highest BCUT2D eigenvalue weighted by atomic mass is 35.5. The maximum Gasteiger partial charge on any atom is 0.299 e. The number of carbonyl (C=O) groups is 3. The number of nitrogens with one attached hydrogen (secondary N) is 1. The number of hydrazine groups is 1. The molecule has 3 N–H and O–H groups in total. The zero-order valence-corrected chi connectivity index (χ0v) is 11.8. The number of hydrogen-bond donors (Lipinski definition) is 2. The van der Waals surface area contributed by atoms with E-state index in [9.17, 15) is 14.4 Å². The molecule has 6 nitrogen and oxygen atoms in total. The molecule has 1 aromatic carbocycles. The first-order chi connectivity index (χ1) is 9.27. The Hall–Kier alpha value is -1.92. The fourth-order valence-electron chi connectivity index (χ4n) is 2.09. The van der Waals surface area contributed by atoms with Crippen LogP contribution in [0.2, 0.25) is 5.02 Å². The van der Waals surface area contributed by atoms with Crippen LogP contribution in [-0.4, -0.2) is 24.1 Å². The summed E-state index contributed by atoms with van der Waals surface area (Å²) < 4.78 is 0. The highest BCUT2D eigenvalue weighted by Crippen LogP contribution is 2.33. The second kappa shape index (κ2) is 4.88. The summed E-state index contributed by atoms with van der Waals surface area (Å²) in [6.07, 6.45) is 0. The molecule has 0 fully saturated rings. The molecule has 0 atom stereocenters. The summed E-state index contributed by atoms with van der Waals surface area (Å²) in [7, 11) is 0. The Labute approximate surface area is 120 Å². The van der Waals surface area contributed by atoms with Crippen molar-refractivity contribution in [3.05, 3.63) is 28.8 Å². The Morgan fingerprint density at radius 1 is 1.40 bits per heavy atom. The largest absolute Gasteiger partial charge is 0.304 e. The maximum atomic E-state index is 12.0. The van der Waals surface area contributed by atoms with E-state index in [0.717, 1.165) is 0 Å². The highest BCUT2D eigenvalue weighted by molar-refractivity contribution is 6.52. The molecular formula is C13H14ClN3O3. The average Bonchev–Trinajstić information content (AvgIpc) is 2.62. The van der Waals surface area contributed by atoms with Gasteiger partial charge < -0.3 is 4.90 Å². The van der Waals surface area contributed by atoms with Crippen molar-refractivity contribution < 1.29 is 14.4 Å². The van der Waals surface area contributed by atoms with Crippen LogP contribution in [0.15, 0.2) is 18.2 Å². The van der Waals surface area contributed by atoms with Crippen molar-refractivity contribution in [3.63, 3.8) is 0 Å². The lowest BCUT2D eigenvalue weighted by Gasteiger charge is -2.28. The smallest absolute Gasteiger partial charge is 0.299 e. The molecule has 0 aliphatic carbocycles. The van der Waals surface area contributed by atoms with Crippen LogP contribution in [0, 0.1) is 5.41 Å². The van der Waals surface area contributed by atoms with Crippen molar-refractivity contribution >= 4 is 34.9 Å². The third-order valence-corrected chi connectivity index (χ3v) is 3.47. The minimum atomic E-state index is -0.925. The molecule has 2 rings (SSSR count). The summed E-state index contributed by atoms with van der Waals surface area (Å²) in [5, 5.41) is 0.380. The molecule has 0 unspecified atom stereocenters. The van der Waals surface area contributed by atoms with Crippen molar-refractivity contribution in [2.24, 2.45) is 11.3 Å². The van der Waals surface area contributed by atoms with Gasteiger partial charge in [0.1, 0.15) is 0 Å². The molecule has 0 saturated carbocycles. The molecule has 2 amide bonds. The number of nitrogens with zero attached hydrogens (tertiary/aromatic N) is 1. The van der Waals surface area contributed by atoms with Crippen LogP contribution < -0.4 is 16.2 Å². The van der Waals surface area contributed by atoms with Gasteiger partial charge >= 0.3 is 0 Å². The van der Waals surface area contributed by atoms with E-state index in [2.05, 4.69) is 5.43 Å². The minimum Gasteiger partial charge on any atom is -0.304 e.